The van der Waals surface area contributed by atoms with Gasteiger partial charge in [0.25, 0.3) is 0 Å². The zero-order valence-corrected chi connectivity index (χ0v) is 9.10. The molecule has 3 heteroatoms. The maximum absolute atomic E-state index is 7.41. The first-order valence-corrected chi connectivity index (χ1v) is 5.50. The van der Waals surface area contributed by atoms with E-state index in [-0.39, 0.29) is 5.84 Å². The van der Waals surface area contributed by atoms with E-state index in [4.69, 9.17) is 11.1 Å². The van der Waals surface area contributed by atoms with Crippen LogP contribution in [0.3, 0.4) is 0 Å². The highest BCUT2D eigenvalue weighted by Crippen LogP contribution is 2.28. The lowest BCUT2D eigenvalue weighted by atomic mass is 10.1. The molecule has 0 aliphatic heterocycles. The molecule has 0 radical (unpaired) electrons. The molecular formula is C12H12N2S. The van der Waals surface area contributed by atoms with Crippen LogP contribution in [0.15, 0.2) is 36.9 Å². The Labute approximate surface area is 92.5 Å². The summed E-state index contributed by atoms with van der Waals surface area (Å²) >= 11 is 1.56. The number of hydrogen-bond donors (Lipinski definition) is 2. The molecule has 0 spiro atoms. The number of fused-ring (bicyclic) bond motifs is 1. The molecule has 1 aromatic heterocycles. The maximum atomic E-state index is 7.41. The molecule has 0 aliphatic rings. The minimum absolute atomic E-state index is 0.140. The molecule has 15 heavy (non-hydrogen) atoms. The number of thiophene rings is 1. The van der Waals surface area contributed by atoms with E-state index in [1.165, 1.54) is 15.6 Å². The van der Waals surface area contributed by atoms with Crippen molar-refractivity contribution in [2.24, 2.45) is 5.73 Å². The van der Waals surface area contributed by atoms with E-state index in [9.17, 15) is 0 Å². The summed E-state index contributed by atoms with van der Waals surface area (Å²) in [6.07, 6.45) is 2.74. The molecule has 0 amide bonds. The van der Waals surface area contributed by atoms with Crippen molar-refractivity contribution in [3.63, 3.8) is 0 Å². The molecule has 2 aromatic rings. The number of amidine groups is 1. The van der Waals surface area contributed by atoms with E-state index in [1.54, 1.807) is 11.3 Å². The Bertz CT molecular complexity index is 525. The summed E-state index contributed by atoms with van der Waals surface area (Å²) in [5, 5.41) is 8.60. The highest BCUT2D eigenvalue weighted by Gasteiger charge is 2.06. The summed E-state index contributed by atoms with van der Waals surface area (Å²) in [5.74, 6) is 0.140. The monoisotopic (exact) mass is 216 g/mol. The van der Waals surface area contributed by atoms with Crippen LogP contribution in [0.25, 0.3) is 10.1 Å². The van der Waals surface area contributed by atoms with Crippen molar-refractivity contribution < 1.29 is 0 Å². The van der Waals surface area contributed by atoms with Gasteiger partial charge in [-0.05, 0) is 29.5 Å². The van der Waals surface area contributed by atoms with Gasteiger partial charge in [0, 0.05) is 4.70 Å². The molecule has 0 saturated heterocycles. The molecule has 0 fully saturated rings. The van der Waals surface area contributed by atoms with Gasteiger partial charge in [0.1, 0.15) is 5.84 Å². The van der Waals surface area contributed by atoms with Crippen molar-refractivity contribution in [3.8, 4) is 0 Å². The van der Waals surface area contributed by atoms with Gasteiger partial charge >= 0.3 is 0 Å². The largest absolute Gasteiger partial charge is 0.383 e. The topological polar surface area (TPSA) is 49.9 Å². The second kappa shape index (κ2) is 3.87. The van der Waals surface area contributed by atoms with Gasteiger partial charge in [0.05, 0.1) is 4.88 Å². The Hall–Kier alpha value is -1.61. The number of hydrogen-bond acceptors (Lipinski definition) is 2. The van der Waals surface area contributed by atoms with Crippen LogP contribution in [0, 0.1) is 5.41 Å². The molecule has 0 aliphatic carbocycles. The molecule has 0 unspecified atom stereocenters. The average molecular weight is 216 g/mol. The Morgan fingerprint density at radius 1 is 1.53 bits per heavy atom. The summed E-state index contributed by atoms with van der Waals surface area (Å²) in [4.78, 5) is 0.835. The first-order valence-electron chi connectivity index (χ1n) is 4.69. The molecule has 1 heterocycles. The zero-order valence-electron chi connectivity index (χ0n) is 8.29. The molecule has 0 bridgehead atoms. The molecule has 3 N–H and O–H groups in total. The van der Waals surface area contributed by atoms with Crippen molar-refractivity contribution in [1.29, 1.82) is 5.41 Å². The Balaban J connectivity index is 2.63. The van der Waals surface area contributed by atoms with Gasteiger partial charge < -0.3 is 5.73 Å². The van der Waals surface area contributed by atoms with Gasteiger partial charge in [0.2, 0.25) is 0 Å². The molecule has 2 nitrogen and oxygen atoms in total. The smallest absolute Gasteiger partial charge is 0.133 e. The molecule has 2 rings (SSSR count). The third kappa shape index (κ3) is 1.78. The minimum Gasteiger partial charge on any atom is -0.383 e. The summed E-state index contributed by atoms with van der Waals surface area (Å²) in [7, 11) is 0. The van der Waals surface area contributed by atoms with E-state index in [2.05, 4.69) is 18.7 Å². The van der Waals surface area contributed by atoms with Crippen molar-refractivity contribution in [2.75, 3.05) is 0 Å². The highest BCUT2D eigenvalue weighted by atomic mass is 32.1. The number of nitrogens with one attached hydrogen (secondary N) is 1. The lowest BCUT2D eigenvalue weighted by Crippen LogP contribution is -2.08. The Morgan fingerprint density at radius 3 is 3.00 bits per heavy atom. The van der Waals surface area contributed by atoms with Gasteiger partial charge in [-0.1, -0.05) is 18.2 Å². The number of rotatable bonds is 3. The molecule has 1 aromatic carbocycles. The van der Waals surface area contributed by atoms with Crippen LogP contribution in [0.5, 0.6) is 0 Å². The van der Waals surface area contributed by atoms with Crippen LogP contribution >= 0.6 is 11.3 Å². The Kier molecular flexibility index (Phi) is 2.56. The molecule has 0 atom stereocenters. The van der Waals surface area contributed by atoms with E-state index in [0.717, 1.165) is 11.3 Å². The first-order chi connectivity index (χ1) is 7.22. The molecule has 76 valence electrons. The molecular weight excluding hydrogens is 204 g/mol. The van der Waals surface area contributed by atoms with Crippen molar-refractivity contribution in [2.45, 2.75) is 6.42 Å². The third-order valence-corrected chi connectivity index (χ3v) is 3.42. The van der Waals surface area contributed by atoms with E-state index in [1.807, 2.05) is 18.2 Å². The van der Waals surface area contributed by atoms with Crippen LogP contribution in [0.1, 0.15) is 10.4 Å². The van der Waals surface area contributed by atoms with Crippen molar-refractivity contribution in [1.82, 2.24) is 0 Å². The van der Waals surface area contributed by atoms with E-state index >= 15 is 0 Å². The quantitative estimate of drug-likeness (QED) is 0.462. The fraction of sp³-hybridized carbons (Fsp3) is 0.0833. The van der Waals surface area contributed by atoms with Crippen molar-refractivity contribution in [3.05, 3.63) is 47.4 Å². The van der Waals surface area contributed by atoms with E-state index in [0.29, 0.717) is 0 Å². The summed E-state index contributed by atoms with van der Waals surface area (Å²) < 4.78 is 1.18. The third-order valence-electron chi connectivity index (χ3n) is 2.28. The SMILES string of the molecule is C=CCc1cccc2sc(C(=N)N)cc12. The van der Waals surface area contributed by atoms with Gasteiger partial charge in [-0.25, -0.2) is 0 Å². The fourth-order valence-corrected chi connectivity index (χ4v) is 2.56. The number of benzene rings is 1. The summed E-state index contributed by atoms with van der Waals surface area (Å²) in [6.45, 7) is 3.74. The lowest BCUT2D eigenvalue weighted by molar-refractivity contribution is 1.31. The normalized spacial score (nSPS) is 10.4. The van der Waals surface area contributed by atoms with Gasteiger partial charge in [-0.3, -0.25) is 5.41 Å². The predicted octanol–water partition coefficient (Wildman–Crippen LogP) is 2.91. The van der Waals surface area contributed by atoms with Crippen LogP contribution in [-0.4, -0.2) is 5.84 Å². The van der Waals surface area contributed by atoms with Gasteiger partial charge in [-0.15, -0.1) is 17.9 Å². The standard InChI is InChI=1S/C12H12N2S/c1-2-4-8-5-3-6-10-9(8)7-11(15-10)12(13)14/h2-3,5-7H,1,4H2,(H3,13,14). The second-order valence-corrected chi connectivity index (χ2v) is 4.43. The fourth-order valence-electron chi connectivity index (χ4n) is 1.59. The minimum atomic E-state index is 0.140. The summed E-state index contributed by atoms with van der Waals surface area (Å²) in [6, 6.07) is 8.16. The average Bonchev–Trinajstić information content (AvgIpc) is 2.63. The zero-order chi connectivity index (χ0) is 10.8. The maximum Gasteiger partial charge on any atom is 0.133 e. The number of nitrogens with two attached hydrogens (primary N) is 1. The van der Waals surface area contributed by atoms with E-state index < -0.39 is 0 Å². The van der Waals surface area contributed by atoms with Gasteiger partial charge in [0.15, 0.2) is 0 Å². The second-order valence-electron chi connectivity index (χ2n) is 3.35. The van der Waals surface area contributed by atoms with Crippen LogP contribution < -0.4 is 5.73 Å². The highest BCUT2D eigenvalue weighted by molar-refractivity contribution is 7.20. The first kappa shape index (κ1) is 9.93. The summed E-state index contributed by atoms with van der Waals surface area (Å²) in [5.41, 5.74) is 6.72. The van der Waals surface area contributed by atoms with Crippen molar-refractivity contribution >= 4 is 27.3 Å². The van der Waals surface area contributed by atoms with Gasteiger partial charge in [-0.2, -0.15) is 0 Å². The lowest BCUT2D eigenvalue weighted by Gasteiger charge is -1.97. The predicted molar refractivity (Wildman–Crippen MR) is 66.7 cm³/mol. The van der Waals surface area contributed by atoms with Crippen LogP contribution in [-0.2, 0) is 6.42 Å². The van der Waals surface area contributed by atoms with Crippen LogP contribution in [0.2, 0.25) is 0 Å². The number of allylic oxidation sites excluding steroid dienone is 1. The Morgan fingerprint density at radius 2 is 2.33 bits per heavy atom. The molecule has 0 saturated carbocycles. The van der Waals surface area contributed by atoms with Crippen LogP contribution in [0.4, 0.5) is 0 Å². The number of nitrogen functional groups attached to an aromatic ring is 1.